The maximum Gasteiger partial charge on any atom is 0.174 e. The van der Waals surface area contributed by atoms with Gasteiger partial charge in [0.25, 0.3) is 0 Å². The minimum atomic E-state index is 0.130. The van der Waals surface area contributed by atoms with Gasteiger partial charge in [-0.3, -0.25) is 0 Å². The van der Waals surface area contributed by atoms with Crippen molar-refractivity contribution in [3.63, 3.8) is 0 Å². The second-order valence-electron chi connectivity index (χ2n) is 4.33. The Balaban J connectivity index is 2.52. The standard InChI is InChI=1S/C14H15Br2NO/c1-8-7-12(15)9(2)6-11(8)13(17-3)10-4-5-18-14(10)16/h4-7,13,17H,1-3H3. The molecule has 0 aliphatic carbocycles. The van der Waals surface area contributed by atoms with Crippen LogP contribution in [0.15, 0.2) is 38.0 Å². The van der Waals surface area contributed by atoms with Crippen LogP contribution in [0.3, 0.4) is 0 Å². The molecule has 1 unspecified atom stereocenters. The fraction of sp³-hybridized carbons (Fsp3) is 0.286. The van der Waals surface area contributed by atoms with E-state index >= 15 is 0 Å². The lowest BCUT2D eigenvalue weighted by Crippen LogP contribution is -2.18. The molecular formula is C14H15Br2NO. The van der Waals surface area contributed by atoms with Crippen LogP contribution in [0.25, 0.3) is 0 Å². The highest BCUT2D eigenvalue weighted by Gasteiger charge is 2.19. The Labute approximate surface area is 124 Å². The van der Waals surface area contributed by atoms with Crippen molar-refractivity contribution in [1.29, 1.82) is 0 Å². The lowest BCUT2D eigenvalue weighted by atomic mass is 9.95. The summed E-state index contributed by atoms with van der Waals surface area (Å²) in [4.78, 5) is 0. The van der Waals surface area contributed by atoms with Crippen LogP contribution in [0.1, 0.15) is 28.3 Å². The lowest BCUT2D eigenvalue weighted by molar-refractivity contribution is 0.530. The van der Waals surface area contributed by atoms with Gasteiger partial charge in [-0.2, -0.15) is 0 Å². The van der Waals surface area contributed by atoms with Gasteiger partial charge in [-0.05, 0) is 65.6 Å². The van der Waals surface area contributed by atoms with Crippen molar-refractivity contribution in [2.75, 3.05) is 7.05 Å². The van der Waals surface area contributed by atoms with Gasteiger partial charge < -0.3 is 9.73 Å². The average molecular weight is 373 g/mol. The van der Waals surface area contributed by atoms with Crippen molar-refractivity contribution < 1.29 is 4.42 Å². The summed E-state index contributed by atoms with van der Waals surface area (Å²) >= 11 is 7.01. The fourth-order valence-electron chi connectivity index (χ4n) is 2.10. The number of halogens is 2. The van der Waals surface area contributed by atoms with Gasteiger partial charge in [-0.25, -0.2) is 0 Å². The van der Waals surface area contributed by atoms with Gasteiger partial charge in [-0.15, -0.1) is 0 Å². The quantitative estimate of drug-likeness (QED) is 0.842. The van der Waals surface area contributed by atoms with Crippen LogP contribution < -0.4 is 5.32 Å². The number of nitrogens with one attached hydrogen (secondary N) is 1. The number of rotatable bonds is 3. The van der Waals surface area contributed by atoms with E-state index in [4.69, 9.17) is 4.42 Å². The molecule has 1 aromatic carbocycles. The van der Waals surface area contributed by atoms with Crippen molar-refractivity contribution in [2.24, 2.45) is 0 Å². The molecule has 18 heavy (non-hydrogen) atoms. The van der Waals surface area contributed by atoms with Crippen molar-refractivity contribution in [2.45, 2.75) is 19.9 Å². The predicted molar refractivity (Wildman–Crippen MR) is 80.9 cm³/mol. The summed E-state index contributed by atoms with van der Waals surface area (Å²) in [6.07, 6.45) is 1.70. The van der Waals surface area contributed by atoms with Crippen LogP contribution in [0.5, 0.6) is 0 Å². The summed E-state index contributed by atoms with van der Waals surface area (Å²) in [7, 11) is 1.96. The molecule has 0 fully saturated rings. The molecule has 0 amide bonds. The van der Waals surface area contributed by atoms with E-state index in [-0.39, 0.29) is 6.04 Å². The highest BCUT2D eigenvalue weighted by molar-refractivity contribution is 9.10. The first-order valence-corrected chi connectivity index (χ1v) is 7.30. The molecular weight excluding hydrogens is 358 g/mol. The van der Waals surface area contributed by atoms with Gasteiger partial charge in [0.1, 0.15) is 0 Å². The highest BCUT2D eigenvalue weighted by Crippen LogP contribution is 2.33. The van der Waals surface area contributed by atoms with Gasteiger partial charge in [-0.1, -0.05) is 22.0 Å². The predicted octanol–water partition coefficient (Wildman–Crippen LogP) is 4.73. The molecule has 2 rings (SSSR count). The second-order valence-corrected chi connectivity index (χ2v) is 5.90. The van der Waals surface area contributed by atoms with Gasteiger partial charge in [0.05, 0.1) is 12.3 Å². The molecule has 1 aromatic heterocycles. The monoisotopic (exact) mass is 371 g/mol. The first-order valence-electron chi connectivity index (χ1n) is 5.71. The number of furan rings is 1. The fourth-order valence-corrected chi connectivity index (χ4v) is 3.03. The van der Waals surface area contributed by atoms with E-state index in [0.29, 0.717) is 0 Å². The third-order valence-corrected chi connectivity index (χ3v) is 4.60. The summed E-state index contributed by atoms with van der Waals surface area (Å²) in [5.41, 5.74) is 4.86. The molecule has 0 aliphatic heterocycles. The molecule has 0 saturated heterocycles. The molecule has 1 N–H and O–H groups in total. The molecule has 1 atom stereocenters. The van der Waals surface area contributed by atoms with Crippen LogP contribution in [0, 0.1) is 13.8 Å². The summed E-state index contributed by atoms with van der Waals surface area (Å²) in [6.45, 7) is 4.22. The van der Waals surface area contributed by atoms with E-state index in [9.17, 15) is 0 Å². The van der Waals surface area contributed by atoms with Crippen molar-refractivity contribution in [3.05, 3.63) is 55.9 Å². The summed E-state index contributed by atoms with van der Waals surface area (Å²) < 4.78 is 7.25. The highest BCUT2D eigenvalue weighted by atomic mass is 79.9. The van der Waals surface area contributed by atoms with Crippen LogP contribution in [0.4, 0.5) is 0 Å². The summed E-state index contributed by atoms with van der Waals surface area (Å²) in [6, 6.07) is 6.48. The van der Waals surface area contributed by atoms with E-state index < -0.39 is 0 Å². The van der Waals surface area contributed by atoms with Crippen molar-refractivity contribution in [3.8, 4) is 0 Å². The first-order chi connectivity index (χ1) is 8.54. The van der Waals surface area contributed by atoms with Gasteiger partial charge in [0.15, 0.2) is 4.67 Å². The Kier molecular flexibility index (Phi) is 4.30. The zero-order chi connectivity index (χ0) is 13.3. The van der Waals surface area contributed by atoms with E-state index in [1.807, 2.05) is 13.1 Å². The number of hydrogen-bond donors (Lipinski definition) is 1. The Morgan fingerprint density at radius 2 is 1.83 bits per heavy atom. The SMILES string of the molecule is CNC(c1cc(C)c(Br)cc1C)c1ccoc1Br. The third-order valence-electron chi connectivity index (χ3n) is 3.10. The minimum Gasteiger partial charge on any atom is -0.457 e. The molecule has 96 valence electrons. The Morgan fingerprint density at radius 1 is 1.11 bits per heavy atom. The molecule has 0 bridgehead atoms. The molecule has 0 radical (unpaired) electrons. The maximum absolute atomic E-state index is 5.33. The van der Waals surface area contributed by atoms with Gasteiger partial charge in [0, 0.05) is 10.0 Å². The Hall–Kier alpha value is -0.580. The minimum absolute atomic E-state index is 0.130. The molecule has 0 spiro atoms. The van der Waals surface area contributed by atoms with E-state index in [1.165, 1.54) is 16.7 Å². The van der Waals surface area contributed by atoms with E-state index in [1.54, 1.807) is 6.26 Å². The zero-order valence-electron chi connectivity index (χ0n) is 10.6. The number of benzene rings is 1. The van der Waals surface area contributed by atoms with Gasteiger partial charge >= 0.3 is 0 Å². The largest absolute Gasteiger partial charge is 0.457 e. The first kappa shape index (κ1) is 13.8. The second kappa shape index (κ2) is 5.59. The third kappa shape index (κ3) is 2.56. The molecule has 2 nitrogen and oxygen atoms in total. The average Bonchev–Trinajstić information content (AvgIpc) is 2.73. The lowest BCUT2D eigenvalue weighted by Gasteiger charge is -2.19. The van der Waals surface area contributed by atoms with Crippen molar-refractivity contribution >= 4 is 31.9 Å². The normalized spacial score (nSPS) is 12.7. The number of hydrogen-bond acceptors (Lipinski definition) is 2. The summed E-state index contributed by atoms with van der Waals surface area (Å²) in [5, 5.41) is 3.34. The van der Waals surface area contributed by atoms with Crippen LogP contribution in [-0.4, -0.2) is 7.05 Å². The number of aryl methyl sites for hydroxylation is 2. The van der Waals surface area contributed by atoms with Crippen molar-refractivity contribution in [1.82, 2.24) is 5.32 Å². The summed E-state index contributed by atoms with van der Waals surface area (Å²) in [5.74, 6) is 0. The maximum atomic E-state index is 5.33. The van der Waals surface area contributed by atoms with Crippen LogP contribution >= 0.6 is 31.9 Å². The smallest absolute Gasteiger partial charge is 0.174 e. The molecule has 0 aliphatic rings. The topological polar surface area (TPSA) is 25.2 Å². The Bertz CT molecular complexity index is 563. The Morgan fingerprint density at radius 3 is 2.39 bits per heavy atom. The van der Waals surface area contributed by atoms with E-state index in [0.717, 1.165) is 14.7 Å². The molecule has 1 heterocycles. The van der Waals surface area contributed by atoms with Crippen LogP contribution in [0.2, 0.25) is 0 Å². The molecule has 4 heteroatoms. The molecule has 2 aromatic rings. The van der Waals surface area contributed by atoms with Crippen LogP contribution in [-0.2, 0) is 0 Å². The molecule has 0 saturated carbocycles. The van der Waals surface area contributed by atoms with Gasteiger partial charge in [0.2, 0.25) is 0 Å². The zero-order valence-corrected chi connectivity index (χ0v) is 13.7. The van der Waals surface area contributed by atoms with E-state index in [2.05, 4.69) is 63.2 Å².